The van der Waals surface area contributed by atoms with Gasteiger partial charge in [0.05, 0.1) is 0 Å². The minimum absolute atomic E-state index is 0.417. The summed E-state index contributed by atoms with van der Waals surface area (Å²) in [6.07, 6.45) is 9.58. The van der Waals surface area contributed by atoms with Crippen LogP contribution in [-0.4, -0.2) is 18.9 Å². The molecule has 0 spiro atoms. The van der Waals surface area contributed by atoms with E-state index in [2.05, 4.69) is 5.32 Å². The number of carbonyl (C=O) groups excluding carboxylic acids is 1. The molecule has 0 bridgehead atoms. The molecule has 1 aliphatic heterocycles. The molecule has 1 atom stereocenters. The van der Waals surface area contributed by atoms with Crippen molar-refractivity contribution in [1.29, 1.82) is 0 Å². The van der Waals surface area contributed by atoms with E-state index in [1.165, 1.54) is 44.9 Å². The lowest BCUT2D eigenvalue weighted by atomic mass is 9.82. The average molecular weight is 209 g/mol. The fourth-order valence-electron chi connectivity index (χ4n) is 2.97. The van der Waals surface area contributed by atoms with E-state index in [-0.39, 0.29) is 0 Å². The first-order valence-electron chi connectivity index (χ1n) is 6.59. The van der Waals surface area contributed by atoms with Crippen LogP contribution < -0.4 is 5.32 Å². The van der Waals surface area contributed by atoms with Gasteiger partial charge in [0.15, 0.2) is 0 Å². The number of rotatable bonds is 3. The van der Waals surface area contributed by atoms with Gasteiger partial charge < -0.3 is 5.32 Å². The molecule has 2 nitrogen and oxygen atoms in total. The molecule has 15 heavy (non-hydrogen) atoms. The highest BCUT2D eigenvalue weighted by Gasteiger charge is 2.24. The van der Waals surface area contributed by atoms with Crippen molar-refractivity contribution in [3.63, 3.8) is 0 Å². The Kier molecular flexibility index (Phi) is 4.18. The highest BCUT2D eigenvalue weighted by atomic mass is 16.1. The Balaban J connectivity index is 1.74. The van der Waals surface area contributed by atoms with Crippen LogP contribution in [0, 0.1) is 11.8 Å². The molecular formula is C13H23NO. The minimum Gasteiger partial charge on any atom is -0.316 e. The van der Waals surface area contributed by atoms with Crippen LogP contribution in [-0.2, 0) is 4.79 Å². The third-order valence-corrected chi connectivity index (χ3v) is 3.95. The Morgan fingerprint density at radius 1 is 1.07 bits per heavy atom. The molecule has 1 aliphatic carbocycles. The molecular weight excluding hydrogens is 186 g/mol. The predicted octanol–water partition coefficient (Wildman–Crippen LogP) is 2.53. The van der Waals surface area contributed by atoms with Crippen LogP contribution >= 0.6 is 0 Å². The van der Waals surface area contributed by atoms with Crippen molar-refractivity contribution in [2.45, 2.75) is 51.4 Å². The van der Waals surface area contributed by atoms with Gasteiger partial charge in [0, 0.05) is 12.3 Å². The fraction of sp³-hybridized carbons (Fsp3) is 0.923. The largest absolute Gasteiger partial charge is 0.316 e. The lowest BCUT2D eigenvalue weighted by Crippen LogP contribution is -2.32. The van der Waals surface area contributed by atoms with E-state index >= 15 is 0 Å². The number of piperidine rings is 1. The zero-order chi connectivity index (χ0) is 10.5. The normalized spacial score (nSPS) is 28.9. The van der Waals surface area contributed by atoms with E-state index in [0.717, 1.165) is 19.5 Å². The number of hydrogen-bond acceptors (Lipinski definition) is 2. The summed E-state index contributed by atoms with van der Waals surface area (Å²) in [7, 11) is 0. The molecule has 2 aliphatic rings. The van der Waals surface area contributed by atoms with Crippen LogP contribution in [0.5, 0.6) is 0 Å². The summed E-state index contributed by atoms with van der Waals surface area (Å²) in [6.45, 7) is 2.21. The number of carbonyl (C=O) groups is 1. The van der Waals surface area contributed by atoms with Gasteiger partial charge >= 0.3 is 0 Å². The zero-order valence-corrected chi connectivity index (χ0v) is 9.63. The Hall–Kier alpha value is -0.370. The molecule has 2 rings (SSSR count). The maximum Gasteiger partial charge on any atom is 0.136 e. The number of nitrogens with one attached hydrogen (secondary N) is 1. The van der Waals surface area contributed by atoms with Gasteiger partial charge in [0.2, 0.25) is 0 Å². The van der Waals surface area contributed by atoms with E-state index in [1.807, 2.05) is 0 Å². The number of ketones is 1. The van der Waals surface area contributed by atoms with Crippen LogP contribution in [0.25, 0.3) is 0 Å². The first kappa shape index (κ1) is 11.1. The van der Waals surface area contributed by atoms with Crippen molar-refractivity contribution in [3.8, 4) is 0 Å². The summed E-state index contributed by atoms with van der Waals surface area (Å²) < 4.78 is 0. The summed E-state index contributed by atoms with van der Waals surface area (Å²) >= 11 is 0. The van der Waals surface area contributed by atoms with Gasteiger partial charge in [-0.1, -0.05) is 19.3 Å². The molecule has 0 aromatic heterocycles. The molecule has 1 saturated carbocycles. The highest BCUT2D eigenvalue weighted by molar-refractivity contribution is 5.81. The second-order valence-corrected chi connectivity index (χ2v) is 5.22. The lowest BCUT2D eigenvalue weighted by Gasteiger charge is -2.25. The second-order valence-electron chi connectivity index (χ2n) is 5.22. The maximum atomic E-state index is 12.0. The van der Waals surface area contributed by atoms with E-state index in [1.54, 1.807) is 0 Å². The maximum absolute atomic E-state index is 12.0. The Morgan fingerprint density at radius 2 is 1.87 bits per heavy atom. The minimum atomic E-state index is 0.417. The smallest absolute Gasteiger partial charge is 0.136 e. The van der Waals surface area contributed by atoms with Crippen LogP contribution in [0.15, 0.2) is 0 Å². The summed E-state index contributed by atoms with van der Waals surface area (Å²) in [4.78, 5) is 12.0. The second kappa shape index (κ2) is 5.64. The van der Waals surface area contributed by atoms with Crippen molar-refractivity contribution in [2.75, 3.05) is 13.1 Å². The monoisotopic (exact) mass is 209 g/mol. The standard InChI is InChI=1S/C13H23NO/c15-13(12-6-2-1-3-7-12)9-11-5-4-8-14-10-11/h11-12,14H,1-10H2. The fourth-order valence-corrected chi connectivity index (χ4v) is 2.97. The first-order valence-corrected chi connectivity index (χ1v) is 6.59. The van der Waals surface area contributed by atoms with E-state index < -0.39 is 0 Å². The van der Waals surface area contributed by atoms with Crippen LogP contribution in [0.3, 0.4) is 0 Å². The summed E-state index contributed by atoms with van der Waals surface area (Å²) in [5, 5.41) is 3.39. The molecule has 0 aromatic rings. The molecule has 1 saturated heterocycles. The van der Waals surface area contributed by atoms with Gasteiger partial charge in [-0.2, -0.15) is 0 Å². The van der Waals surface area contributed by atoms with Gasteiger partial charge in [-0.25, -0.2) is 0 Å². The van der Waals surface area contributed by atoms with Crippen molar-refractivity contribution >= 4 is 5.78 Å². The van der Waals surface area contributed by atoms with E-state index in [9.17, 15) is 4.79 Å². The molecule has 1 unspecified atom stereocenters. The summed E-state index contributed by atoms with van der Waals surface area (Å²) in [5.74, 6) is 1.61. The molecule has 1 N–H and O–H groups in total. The van der Waals surface area contributed by atoms with Gasteiger partial charge in [-0.3, -0.25) is 4.79 Å². The summed E-state index contributed by atoms with van der Waals surface area (Å²) in [6, 6.07) is 0. The Labute approximate surface area is 92.8 Å². The summed E-state index contributed by atoms with van der Waals surface area (Å²) in [5.41, 5.74) is 0. The lowest BCUT2D eigenvalue weighted by molar-refractivity contribution is -0.124. The molecule has 0 aromatic carbocycles. The van der Waals surface area contributed by atoms with Gasteiger partial charge in [0.25, 0.3) is 0 Å². The Morgan fingerprint density at radius 3 is 2.53 bits per heavy atom. The molecule has 2 fully saturated rings. The quantitative estimate of drug-likeness (QED) is 0.774. The Bertz CT molecular complexity index is 203. The average Bonchev–Trinajstić information content (AvgIpc) is 2.31. The predicted molar refractivity (Wildman–Crippen MR) is 61.8 cm³/mol. The first-order chi connectivity index (χ1) is 7.36. The van der Waals surface area contributed by atoms with Crippen LogP contribution in [0.2, 0.25) is 0 Å². The molecule has 86 valence electrons. The van der Waals surface area contributed by atoms with Crippen LogP contribution in [0.1, 0.15) is 51.4 Å². The van der Waals surface area contributed by atoms with Crippen molar-refractivity contribution < 1.29 is 4.79 Å². The molecule has 0 radical (unpaired) electrons. The van der Waals surface area contributed by atoms with Crippen molar-refractivity contribution in [2.24, 2.45) is 11.8 Å². The number of Topliss-reactive ketones (excluding diaryl/α,β-unsaturated/α-hetero) is 1. The van der Waals surface area contributed by atoms with E-state index in [0.29, 0.717) is 17.6 Å². The van der Waals surface area contributed by atoms with Crippen molar-refractivity contribution in [1.82, 2.24) is 5.32 Å². The highest BCUT2D eigenvalue weighted by Crippen LogP contribution is 2.27. The van der Waals surface area contributed by atoms with Gasteiger partial charge in [-0.05, 0) is 44.7 Å². The third-order valence-electron chi connectivity index (χ3n) is 3.95. The topological polar surface area (TPSA) is 29.1 Å². The molecule has 1 heterocycles. The van der Waals surface area contributed by atoms with Gasteiger partial charge in [-0.15, -0.1) is 0 Å². The molecule has 2 heteroatoms. The van der Waals surface area contributed by atoms with Crippen LogP contribution in [0.4, 0.5) is 0 Å². The van der Waals surface area contributed by atoms with Gasteiger partial charge in [0.1, 0.15) is 5.78 Å². The number of hydrogen-bond donors (Lipinski definition) is 1. The zero-order valence-electron chi connectivity index (χ0n) is 9.63. The van der Waals surface area contributed by atoms with Crippen molar-refractivity contribution in [3.05, 3.63) is 0 Å². The molecule has 0 amide bonds. The third kappa shape index (κ3) is 3.30. The van der Waals surface area contributed by atoms with E-state index in [4.69, 9.17) is 0 Å². The SMILES string of the molecule is O=C(CC1CCCNC1)C1CCCCC1.